The van der Waals surface area contributed by atoms with E-state index >= 15 is 0 Å². The number of hydrogen-bond donors (Lipinski definition) is 3. The topological polar surface area (TPSA) is 76.4 Å². The Bertz CT molecular complexity index is 864. The lowest BCUT2D eigenvalue weighted by atomic mass is 9.96. The number of rotatable bonds is 2. The average molecular weight is 447 g/mol. The Hall–Kier alpha value is -1.24. The normalized spacial score (nSPS) is 20.2. The highest BCUT2D eigenvalue weighted by Crippen LogP contribution is 2.36. The van der Waals surface area contributed by atoms with Gasteiger partial charge in [0.1, 0.15) is 0 Å². The van der Waals surface area contributed by atoms with Crippen LogP contribution in [0.15, 0.2) is 51.9 Å². The molecule has 0 saturated heterocycles. The van der Waals surface area contributed by atoms with Gasteiger partial charge in [-0.15, -0.1) is 0 Å². The van der Waals surface area contributed by atoms with E-state index in [4.69, 9.17) is 46.3 Å². The summed E-state index contributed by atoms with van der Waals surface area (Å²) >= 11 is 21.9. The number of halogens is 4. The molecule has 0 bridgehead atoms. The molecule has 0 saturated carbocycles. The van der Waals surface area contributed by atoms with Gasteiger partial charge in [0.2, 0.25) is 0 Å². The van der Waals surface area contributed by atoms with Crippen LogP contribution in [0.5, 0.6) is 0 Å². The van der Waals surface area contributed by atoms with Crippen LogP contribution in [-0.2, 0) is 5.66 Å². The third-order valence-corrected chi connectivity index (χ3v) is 5.07. The van der Waals surface area contributed by atoms with Crippen LogP contribution in [-0.4, -0.2) is 5.96 Å². The van der Waals surface area contributed by atoms with Crippen molar-refractivity contribution >= 4 is 62.4 Å². The second-order valence-electron chi connectivity index (χ2n) is 5.26. The lowest BCUT2D eigenvalue weighted by molar-refractivity contribution is 0.585. The van der Waals surface area contributed by atoms with Gasteiger partial charge in [-0.3, -0.25) is 5.73 Å². The summed E-state index contributed by atoms with van der Waals surface area (Å²) in [5.41, 5.74) is 13.2. The fourth-order valence-corrected chi connectivity index (χ4v) is 3.38. The minimum absolute atomic E-state index is 0.171. The average Bonchev–Trinajstić information content (AvgIpc) is 2.50. The van der Waals surface area contributed by atoms with Crippen LogP contribution >= 0.6 is 50.7 Å². The molecule has 0 spiro atoms. The van der Waals surface area contributed by atoms with Crippen LogP contribution in [0.1, 0.15) is 11.1 Å². The summed E-state index contributed by atoms with van der Waals surface area (Å²) in [6.45, 7) is 0. The van der Waals surface area contributed by atoms with E-state index in [-0.39, 0.29) is 5.96 Å². The third kappa shape index (κ3) is 3.41. The van der Waals surface area contributed by atoms with E-state index in [9.17, 15) is 0 Å². The summed E-state index contributed by atoms with van der Waals surface area (Å²) in [6.07, 6.45) is 1.74. The van der Waals surface area contributed by atoms with Gasteiger partial charge in [0.05, 0.1) is 10.0 Å². The number of guanidine groups is 1. The van der Waals surface area contributed by atoms with Crippen molar-refractivity contribution in [1.29, 1.82) is 0 Å². The van der Waals surface area contributed by atoms with Gasteiger partial charge in [-0.25, -0.2) is 4.99 Å². The van der Waals surface area contributed by atoms with Crippen molar-refractivity contribution in [2.45, 2.75) is 5.66 Å². The molecule has 2 aromatic carbocycles. The summed E-state index contributed by atoms with van der Waals surface area (Å²) < 4.78 is 0.939. The van der Waals surface area contributed by atoms with Crippen molar-refractivity contribution in [2.75, 3.05) is 0 Å². The van der Waals surface area contributed by atoms with E-state index in [0.717, 1.165) is 10.0 Å². The lowest BCUT2D eigenvalue weighted by Gasteiger charge is -2.29. The number of nitrogens with one attached hydrogen (secondary N) is 1. The Labute approximate surface area is 162 Å². The molecule has 1 aliphatic rings. The van der Waals surface area contributed by atoms with Crippen molar-refractivity contribution in [3.05, 3.63) is 73.1 Å². The molecule has 0 amide bonds. The fourth-order valence-electron chi connectivity index (χ4n) is 2.42. The summed E-state index contributed by atoms with van der Waals surface area (Å²) in [5, 5.41) is 4.11. The second kappa shape index (κ2) is 6.58. The molecular formula is C16H12BrCl3N4. The summed E-state index contributed by atoms with van der Waals surface area (Å²) in [5.74, 6) is 0.171. The molecule has 3 rings (SSSR count). The summed E-state index contributed by atoms with van der Waals surface area (Å²) in [4.78, 5) is 4.32. The molecule has 1 atom stereocenters. The molecule has 0 aromatic heterocycles. The molecule has 1 unspecified atom stereocenters. The molecular weight excluding hydrogens is 434 g/mol. The van der Waals surface area contributed by atoms with Gasteiger partial charge < -0.3 is 11.1 Å². The zero-order chi connectivity index (χ0) is 17.5. The first-order valence-corrected chi connectivity index (χ1v) is 8.76. The van der Waals surface area contributed by atoms with Crippen LogP contribution in [0.3, 0.4) is 0 Å². The van der Waals surface area contributed by atoms with Gasteiger partial charge >= 0.3 is 0 Å². The van der Waals surface area contributed by atoms with Crippen molar-refractivity contribution < 1.29 is 0 Å². The van der Waals surface area contributed by atoms with E-state index in [2.05, 4.69) is 26.2 Å². The van der Waals surface area contributed by atoms with Gasteiger partial charge in [-0.1, -0.05) is 62.9 Å². The van der Waals surface area contributed by atoms with Crippen molar-refractivity contribution in [3.8, 4) is 0 Å². The van der Waals surface area contributed by atoms with Gasteiger partial charge in [0.15, 0.2) is 11.6 Å². The molecule has 1 aliphatic heterocycles. The zero-order valence-electron chi connectivity index (χ0n) is 12.2. The SMILES string of the molecule is NC1=NC(N)(c2ccc(Br)cc2)C=C(c2cc(Cl)cc(Cl)c2Cl)N1. The van der Waals surface area contributed by atoms with Crippen LogP contribution in [0.2, 0.25) is 15.1 Å². The van der Waals surface area contributed by atoms with Crippen LogP contribution in [0, 0.1) is 0 Å². The van der Waals surface area contributed by atoms with Crippen molar-refractivity contribution in [1.82, 2.24) is 5.32 Å². The fraction of sp³-hybridized carbons (Fsp3) is 0.0625. The van der Waals surface area contributed by atoms with Crippen molar-refractivity contribution in [3.63, 3.8) is 0 Å². The van der Waals surface area contributed by atoms with Crippen LogP contribution < -0.4 is 16.8 Å². The first-order valence-electron chi connectivity index (χ1n) is 6.83. The predicted molar refractivity (Wildman–Crippen MR) is 104 cm³/mol. The minimum Gasteiger partial charge on any atom is -0.370 e. The highest BCUT2D eigenvalue weighted by atomic mass is 79.9. The quantitative estimate of drug-likeness (QED) is 0.596. The van der Waals surface area contributed by atoms with E-state index in [0.29, 0.717) is 26.3 Å². The molecule has 124 valence electrons. The molecule has 0 aliphatic carbocycles. The largest absolute Gasteiger partial charge is 0.370 e. The maximum absolute atomic E-state index is 6.47. The highest BCUT2D eigenvalue weighted by Gasteiger charge is 2.30. The van der Waals surface area contributed by atoms with Gasteiger partial charge in [0, 0.05) is 20.8 Å². The van der Waals surface area contributed by atoms with Gasteiger partial charge in [-0.05, 0) is 35.9 Å². The maximum atomic E-state index is 6.47. The molecule has 5 N–H and O–H groups in total. The minimum atomic E-state index is -1.14. The Morgan fingerprint density at radius 1 is 1.08 bits per heavy atom. The smallest absolute Gasteiger partial charge is 0.195 e. The first kappa shape index (κ1) is 17.6. The van der Waals surface area contributed by atoms with Gasteiger partial charge in [-0.2, -0.15) is 0 Å². The molecule has 1 heterocycles. The van der Waals surface area contributed by atoms with E-state index < -0.39 is 5.66 Å². The number of nitrogens with zero attached hydrogens (tertiary/aromatic N) is 1. The first-order chi connectivity index (χ1) is 11.3. The van der Waals surface area contributed by atoms with E-state index in [1.807, 2.05) is 24.3 Å². The predicted octanol–water partition coefficient (Wildman–Crippen LogP) is 4.48. The van der Waals surface area contributed by atoms with Crippen LogP contribution in [0.4, 0.5) is 0 Å². The van der Waals surface area contributed by atoms with E-state index in [1.54, 1.807) is 18.2 Å². The molecule has 24 heavy (non-hydrogen) atoms. The molecule has 8 heteroatoms. The Morgan fingerprint density at radius 3 is 2.42 bits per heavy atom. The molecule has 4 nitrogen and oxygen atoms in total. The van der Waals surface area contributed by atoms with Crippen LogP contribution in [0.25, 0.3) is 5.70 Å². The number of aliphatic imine (C=N–C) groups is 1. The Kier molecular flexibility index (Phi) is 4.82. The zero-order valence-corrected chi connectivity index (χ0v) is 16.0. The number of nitrogens with two attached hydrogens (primary N) is 2. The van der Waals surface area contributed by atoms with Crippen molar-refractivity contribution in [2.24, 2.45) is 16.5 Å². The van der Waals surface area contributed by atoms with E-state index in [1.165, 1.54) is 0 Å². The highest BCUT2D eigenvalue weighted by molar-refractivity contribution is 9.10. The Morgan fingerprint density at radius 2 is 1.75 bits per heavy atom. The molecule has 2 aromatic rings. The monoisotopic (exact) mass is 444 g/mol. The molecule has 0 fully saturated rings. The maximum Gasteiger partial charge on any atom is 0.195 e. The Balaban J connectivity index is 2.13. The second-order valence-corrected chi connectivity index (χ2v) is 7.40. The standard InChI is InChI=1S/C16H12BrCl3N4/c17-9-3-1-8(2-4-9)16(22)7-13(23-15(21)24-16)11-5-10(18)6-12(19)14(11)20/h1-7H,22H2,(H3,21,23,24). The number of hydrogen-bond acceptors (Lipinski definition) is 4. The summed E-state index contributed by atoms with van der Waals surface area (Å²) in [6, 6.07) is 10.8. The summed E-state index contributed by atoms with van der Waals surface area (Å²) in [7, 11) is 0. The van der Waals surface area contributed by atoms with Gasteiger partial charge in [0.25, 0.3) is 0 Å². The lowest BCUT2D eigenvalue weighted by Crippen LogP contribution is -2.44. The third-order valence-electron chi connectivity index (χ3n) is 3.52. The molecule has 0 radical (unpaired) electrons. The number of benzene rings is 2.